The zero-order valence-corrected chi connectivity index (χ0v) is 16.8. The minimum absolute atomic E-state index is 0.135. The zero-order chi connectivity index (χ0) is 20.1. The van der Waals surface area contributed by atoms with Crippen LogP contribution in [0.4, 0.5) is 0 Å². The van der Waals surface area contributed by atoms with Gasteiger partial charge in [-0.1, -0.05) is 12.1 Å². The highest BCUT2D eigenvalue weighted by Crippen LogP contribution is 2.24. The van der Waals surface area contributed by atoms with Gasteiger partial charge in [-0.25, -0.2) is 4.98 Å². The predicted molar refractivity (Wildman–Crippen MR) is 114 cm³/mol. The number of carbonyl (C=O) groups excluding carboxylic acids is 1. The summed E-state index contributed by atoms with van der Waals surface area (Å²) in [6.45, 7) is 1.69. The maximum atomic E-state index is 12.8. The van der Waals surface area contributed by atoms with E-state index in [1.54, 1.807) is 19.6 Å². The molecule has 3 aromatic rings. The Balaban J connectivity index is 1.27. The predicted octanol–water partition coefficient (Wildman–Crippen LogP) is 4.37. The minimum atomic E-state index is 0.135. The van der Waals surface area contributed by atoms with Crippen LogP contribution in [0.3, 0.4) is 0 Å². The number of hydrogen-bond acceptors (Lipinski definition) is 3. The van der Waals surface area contributed by atoms with E-state index in [1.165, 1.54) is 12.0 Å². The molecule has 2 aromatic carbocycles. The molecule has 0 spiro atoms. The number of benzene rings is 2. The van der Waals surface area contributed by atoms with Crippen molar-refractivity contribution in [2.45, 2.75) is 25.7 Å². The van der Waals surface area contributed by atoms with Crippen LogP contribution in [0.5, 0.6) is 5.75 Å². The van der Waals surface area contributed by atoms with Crippen molar-refractivity contribution in [1.29, 1.82) is 0 Å². The summed E-state index contributed by atoms with van der Waals surface area (Å²) >= 11 is 0. The van der Waals surface area contributed by atoms with Gasteiger partial charge in [-0.3, -0.25) is 4.79 Å². The van der Waals surface area contributed by atoms with Crippen molar-refractivity contribution in [1.82, 2.24) is 14.5 Å². The molecule has 5 heteroatoms. The summed E-state index contributed by atoms with van der Waals surface area (Å²) in [5.74, 6) is 1.72. The van der Waals surface area contributed by atoms with Crippen molar-refractivity contribution in [2.24, 2.45) is 5.92 Å². The smallest absolute Gasteiger partial charge is 0.253 e. The minimum Gasteiger partial charge on any atom is -0.497 e. The normalized spacial score (nSPS) is 14.7. The highest BCUT2D eigenvalue weighted by molar-refractivity contribution is 5.94. The van der Waals surface area contributed by atoms with Gasteiger partial charge in [-0.2, -0.15) is 0 Å². The van der Waals surface area contributed by atoms with Crippen molar-refractivity contribution < 1.29 is 9.53 Å². The lowest BCUT2D eigenvalue weighted by molar-refractivity contribution is 0.0687. The Labute approximate surface area is 171 Å². The number of methoxy groups -OCH3 is 1. The van der Waals surface area contributed by atoms with E-state index in [9.17, 15) is 4.79 Å². The third-order valence-electron chi connectivity index (χ3n) is 5.82. The third-order valence-corrected chi connectivity index (χ3v) is 5.82. The van der Waals surface area contributed by atoms with E-state index in [0.717, 1.165) is 49.4 Å². The van der Waals surface area contributed by atoms with Crippen LogP contribution >= 0.6 is 0 Å². The molecule has 1 amide bonds. The topological polar surface area (TPSA) is 47.4 Å². The molecule has 0 atom stereocenters. The number of amides is 1. The van der Waals surface area contributed by atoms with Gasteiger partial charge < -0.3 is 14.2 Å². The van der Waals surface area contributed by atoms with Crippen molar-refractivity contribution in [3.63, 3.8) is 0 Å². The molecule has 0 unspecified atom stereocenters. The number of ether oxygens (including phenoxy) is 1. The molecular formula is C24H27N3O2. The van der Waals surface area contributed by atoms with E-state index in [-0.39, 0.29) is 5.91 Å². The molecular weight excluding hydrogens is 362 g/mol. The van der Waals surface area contributed by atoms with Gasteiger partial charge in [0.25, 0.3) is 5.91 Å². The molecule has 2 heterocycles. The highest BCUT2D eigenvalue weighted by Gasteiger charge is 2.23. The fraction of sp³-hybridized carbons (Fsp3) is 0.333. The first-order chi connectivity index (χ1) is 14.2. The van der Waals surface area contributed by atoms with E-state index in [0.29, 0.717) is 5.92 Å². The Hall–Kier alpha value is -3.08. The molecule has 1 saturated heterocycles. The van der Waals surface area contributed by atoms with E-state index in [1.807, 2.05) is 52.1 Å². The van der Waals surface area contributed by atoms with Crippen LogP contribution in [-0.4, -0.2) is 40.6 Å². The fourth-order valence-electron chi connectivity index (χ4n) is 3.96. The number of imidazole rings is 1. The maximum Gasteiger partial charge on any atom is 0.253 e. The SMILES string of the molecule is COc1ccc(CCC2CCN(C(=O)c3ccc(-n4ccnc4)cc3)CC2)cc1. The lowest BCUT2D eigenvalue weighted by atomic mass is 9.90. The Bertz CT molecular complexity index is 910. The second-order valence-corrected chi connectivity index (χ2v) is 7.64. The molecule has 0 bridgehead atoms. The second kappa shape index (κ2) is 8.95. The molecule has 29 heavy (non-hydrogen) atoms. The fourth-order valence-corrected chi connectivity index (χ4v) is 3.96. The quantitative estimate of drug-likeness (QED) is 0.629. The van der Waals surface area contributed by atoms with Crippen molar-refractivity contribution in [3.8, 4) is 11.4 Å². The largest absolute Gasteiger partial charge is 0.497 e. The van der Waals surface area contributed by atoms with Gasteiger partial charge in [-0.05, 0) is 73.6 Å². The van der Waals surface area contributed by atoms with Crippen LogP contribution in [0, 0.1) is 5.92 Å². The van der Waals surface area contributed by atoms with Crippen LogP contribution in [-0.2, 0) is 6.42 Å². The lowest BCUT2D eigenvalue weighted by Gasteiger charge is -2.32. The van der Waals surface area contributed by atoms with Crippen molar-refractivity contribution in [2.75, 3.05) is 20.2 Å². The molecule has 150 valence electrons. The molecule has 1 aromatic heterocycles. The molecule has 1 aliphatic rings. The first kappa shape index (κ1) is 19.2. The zero-order valence-electron chi connectivity index (χ0n) is 16.8. The molecule has 1 aliphatic heterocycles. The van der Waals surface area contributed by atoms with E-state index >= 15 is 0 Å². The number of carbonyl (C=O) groups is 1. The van der Waals surface area contributed by atoms with Gasteiger partial charge in [0.15, 0.2) is 0 Å². The number of aryl methyl sites for hydroxylation is 1. The van der Waals surface area contributed by atoms with Crippen LogP contribution in [0.15, 0.2) is 67.3 Å². The van der Waals surface area contributed by atoms with E-state index in [4.69, 9.17) is 4.74 Å². The third kappa shape index (κ3) is 4.67. The standard InChI is InChI=1S/C24H27N3O2/c1-29-23-10-4-19(5-11-23)2-3-20-12-15-26(16-13-20)24(28)21-6-8-22(9-7-21)27-17-14-25-18-27/h4-11,14,17-18,20H,2-3,12-13,15-16H2,1H3. The summed E-state index contributed by atoms with van der Waals surface area (Å²) in [6, 6.07) is 16.1. The number of rotatable bonds is 6. The summed E-state index contributed by atoms with van der Waals surface area (Å²) in [4.78, 5) is 18.9. The van der Waals surface area contributed by atoms with E-state index < -0.39 is 0 Å². The number of aromatic nitrogens is 2. The van der Waals surface area contributed by atoms with Crippen molar-refractivity contribution in [3.05, 3.63) is 78.4 Å². The van der Waals surface area contributed by atoms with Gasteiger partial charge in [-0.15, -0.1) is 0 Å². The molecule has 0 radical (unpaired) electrons. The number of likely N-dealkylation sites (tertiary alicyclic amines) is 1. The Morgan fingerprint density at radius 3 is 2.41 bits per heavy atom. The Morgan fingerprint density at radius 1 is 1.07 bits per heavy atom. The van der Waals surface area contributed by atoms with Crippen LogP contribution < -0.4 is 4.74 Å². The summed E-state index contributed by atoms with van der Waals surface area (Å²) in [6.07, 6.45) is 9.81. The van der Waals surface area contributed by atoms with Gasteiger partial charge in [0, 0.05) is 36.7 Å². The average molecular weight is 389 g/mol. The molecule has 1 fully saturated rings. The molecule has 4 rings (SSSR count). The van der Waals surface area contributed by atoms with Crippen molar-refractivity contribution >= 4 is 5.91 Å². The van der Waals surface area contributed by atoms with Gasteiger partial charge in [0.2, 0.25) is 0 Å². The maximum absolute atomic E-state index is 12.8. The molecule has 0 aliphatic carbocycles. The monoisotopic (exact) mass is 389 g/mol. The van der Waals surface area contributed by atoms with E-state index in [2.05, 4.69) is 17.1 Å². The molecule has 0 N–H and O–H groups in total. The summed E-state index contributed by atoms with van der Waals surface area (Å²) in [5.41, 5.74) is 3.11. The second-order valence-electron chi connectivity index (χ2n) is 7.64. The highest BCUT2D eigenvalue weighted by atomic mass is 16.5. The molecule has 0 saturated carbocycles. The Morgan fingerprint density at radius 2 is 1.79 bits per heavy atom. The molecule has 5 nitrogen and oxygen atoms in total. The lowest BCUT2D eigenvalue weighted by Crippen LogP contribution is -2.38. The van der Waals surface area contributed by atoms with Crippen LogP contribution in [0.2, 0.25) is 0 Å². The Kier molecular flexibility index (Phi) is 5.94. The average Bonchev–Trinajstić information content (AvgIpc) is 3.33. The number of nitrogens with zero attached hydrogens (tertiary/aromatic N) is 3. The first-order valence-corrected chi connectivity index (χ1v) is 10.2. The number of hydrogen-bond donors (Lipinski definition) is 0. The van der Waals surface area contributed by atoms with Gasteiger partial charge in [0.05, 0.1) is 13.4 Å². The van der Waals surface area contributed by atoms with Crippen LogP contribution in [0.1, 0.15) is 35.2 Å². The summed E-state index contributed by atoms with van der Waals surface area (Å²) in [5, 5.41) is 0. The summed E-state index contributed by atoms with van der Waals surface area (Å²) < 4.78 is 7.15. The summed E-state index contributed by atoms with van der Waals surface area (Å²) in [7, 11) is 1.69. The first-order valence-electron chi connectivity index (χ1n) is 10.2. The number of piperidine rings is 1. The van der Waals surface area contributed by atoms with Gasteiger partial charge in [0.1, 0.15) is 5.75 Å². The van der Waals surface area contributed by atoms with Gasteiger partial charge >= 0.3 is 0 Å². The van der Waals surface area contributed by atoms with Crippen LogP contribution in [0.25, 0.3) is 5.69 Å².